The Morgan fingerprint density at radius 1 is 1.27 bits per heavy atom. The molecule has 1 atom stereocenters. The van der Waals surface area contributed by atoms with Gasteiger partial charge in [-0.1, -0.05) is 11.6 Å². The number of hydrogen-bond donors (Lipinski definition) is 1. The number of piperidine rings is 1. The number of likely N-dealkylation sites (tertiary alicyclic amines) is 1. The van der Waals surface area contributed by atoms with Gasteiger partial charge < -0.3 is 10.2 Å². The van der Waals surface area contributed by atoms with E-state index in [2.05, 4.69) is 5.32 Å². The van der Waals surface area contributed by atoms with Gasteiger partial charge in [0.2, 0.25) is 5.91 Å². The molecule has 1 heterocycles. The van der Waals surface area contributed by atoms with Crippen LogP contribution in [0.5, 0.6) is 0 Å². The molecule has 1 aromatic carbocycles. The zero-order chi connectivity index (χ0) is 16.1. The van der Waals surface area contributed by atoms with E-state index in [0.29, 0.717) is 10.6 Å². The van der Waals surface area contributed by atoms with Gasteiger partial charge in [-0.2, -0.15) is 0 Å². The Bertz CT molecular complexity index is 559. The third kappa shape index (κ3) is 4.17. The minimum atomic E-state index is -0.542. The first-order chi connectivity index (χ1) is 10.5. The maximum Gasteiger partial charge on any atom is 0.253 e. The smallest absolute Gasteiger partial charge is 0.253 e. The Morgan fingerprint density at radius 2 is 1.95 bits per heavy atom. The monoisotopic (exact) mass is 340 g/mol. The number of halogens is 1. The number of amides is 2. The predicted molar refractivity (Wildman–Crippen MR) is 90.6 cm³/mol. The van der Waals surface area contributed by atoms with Crippen LogP contribution in [0, 0.1) is 0 Å². The van der Waals surface area contributed by atoms with Gasteiger partial charge in [-0.3, -0.25) is 9.59 Å². The lowest BCUT2D eigenvalue weighted by atomic mass is 10.1. The highest BCUT2D eigenvalue weighted by atomic mass is 35.5. The molecule has 1 fully saturated rings. The van der Waals surface area contributed by atoms with Crippen LogP contribution in [0.3, 0.4) is 0 Å². The fourth-order valence-electron chi connectivity index (χ4n) is 2.53. The van der Waals surface area contributed by atoms with Crippen molar-refractivity contribution in [2.45, 2.75) is 37.1 Å². The molecule has 2 rings (SSSR count). The lowest BCUT2D eigenvalue weighted by Gasteiger charge is -2.29. The molecule has 4 nitrogen and oxygen atoms in total. The Labute approximate surface area is 140 Å². The fraction of sp³-hybridized carbons (Fsp3) is 0.500. The van der Waals surface area contributed by atoms with Gasteiger partial charge in [-0.15, -0.1) is 11.8 Å². The van der Waals surface area contributed by atoms with E-state index in [1.807, 2.05) is 17.2 Å². The first-order valence-electron chi connectivity index (χ1n) is 7.46. The summed E-state index contributed by atoms with van der Waals surface area (Å²) in [6.07, 6.45) is 5.18. The van der Waals surface area contributed by atoms with Crippen LogP contribution in [0.2, 0.25) is 5.02 Å². The second kappa shape index (κ2) is 7.88. The van der Waals surface area contributed by atoms with E-state index < -0.39 is 6.04 Å². The molecule has 1 unspecified atom stereocenters. The zero-order valence-electron chi connectivity index (χ0n) is 12.9. The number of hydrogen-bond acceptors (Lipinski definition) is 3. The molecule has 0 aromatic heterocycles. The predicted octanol–water partition coefficient (Wildman–Crippen LogP) is 3.19. The summed E-state index contributed by atoms with van der Waals surface area (Å²) >= 11 is 7.64. The number of rotatable bonds is 4. The van der Waals surface area contributed by atoms with Crippen LogP contribution >= 0.6 is 23.4 Å². The van der Waals surface area contributed by atoms with Crippen molar-refractivity contribution in [3.05, 3.63) is 28.8 Å². The van der Waals surface area contributed by atoms with Crippen molar-refractivity contribution in [3.8, 4) is 0 Å². The van der Waals surface area contributed by atoms with Crippen molar-refractivity contribution in [1.29, 1.82) is 0 Å². The van der Waals surface area contributed by atoms with Crippen LogP contribution in [0.1, 0.15) is 36.5 Å². The fourth-order valence-corrected chi connectivity index (χ4v) is 3.17. The topological polar surface area (TPSA) is 49.4 Å². The molecular formula is C16H21ClN2O2S. The summed E-state index contributed by atoms with van der Waals surface area (Å²) in [7, 11) is 0. The highest BCUT2D eigenvalue weighted by Crippen LogP contribution is 2.23. The molecule has 0 spiro atoms. The molecule has 6 heteroatoms. The van der Waals surface area contributed by atoms with Crippen molar-refractivity contribution < 1.29 is 9.59 Å². The van der Waals surface area contributed by atoms with Gasteiger partial charge in [-0.25, -0.2) is 0 Å². The second-order valence-corrected chi connectivity index (χ2v) is 6.71. The minimum absolute atomic E-state index is 0.0230. The molecule has 1 N–H and O–H groups in total. The normalized spacial score (nSPS) is 16.2. The average molecular weight is 341 g/mol. The van der Waals surface area contributed by atoms with Crippen molar-refractivity contribution in [3.63, 3.8) is 0 Å². The third-order valence-electron chi connectivity index (χ3n) is 3.80. The van der Waals surface area contributed by atoms with Gasteiger partial charge >= 0.3 is 0 Å². The highest BCUT2D eigenvalue weighted by Gasteiger charge is 2.24. The first-order valence-corrected chi connectivity index (χ1v) is 9.06. The molecule has 1 saturated heterocycles. The number of nitrogens with one attached hydrogen (secondary N) is 1. The van der Waals surface area contributed by atoms with Crippen molar-refractivity contribution in [1.82, 2.24) is 10.2 Å². The Balaban J connectivity index is 2.03. The molecule has 120 valence electrons. The van der Waals surface area contributed by atoms with Crippen molar-refractivity contribution >= 4 is 35.2 Å². The Morgan fingerprint density at radius 3 is 2.59 bits per heavy atom. The number of carbonyl (C=O) groups is 2. The standard InChI is InChI=1S/C16H21ClN2O2S/c1-11(16(21)19-8-4-3-5-9-19)18-15(20)13-10-12(22-2)6-7-14(13)17/h6-7,10-11H,3-5,8-9H2,1-2H3,(H,18,20). The summed E-state index contributed by atoms with van der Waals surface area (Å²) in [5, 5.41) is 3.16. The molecule has 0 bridgehead atoms. The maximum absolute atomic E-state index is 12.4. The molecule has 1 aliphatic heterocycles. The van der Waals surface area contributed by atoms with Crippen LogP contribution in [-0.4, -0.2) is 42.1 Å². The van der Waals surface area contributed by atoms with E-state index in [1.54, 1.807) is 30.8 Å². The van der Waals surface area contributed by atoms with E-state index in [9.17, 15) is 9.59 Å². The van der Waals surface area contributed by atoms with Crippen molar-refractivity contribution in [2.75, 3.05) is 19.3 Å². The lowest BCUT2D eigenvalue weighted by molar-refractivity contribution is -0.133. The van der Waals surface area contributed by atoms with Gasteiger partial charge in [0.15, 0.2) is 0 Å². The summed E-state index contributed by atoms with van der Waals surface area (Å²) in [5.74, 6) is -0.330. The largest absolute Gasteiger partial charge is 0.341 e. The number of nitrogens with zero attached hydrogens (tertiary/aromatic N) is 1. The lowest BCUT2D eigenvalue weighted by Crippen LogP contribution is -2.48. The highest BCUT2D eigenvalue weighted by molar-refractivity contribution is 7.98. The molecule has 22 heavy (non-hydrogen) atoms. The second-order valence-electron chi connectivity index (χ2n) is 5.43. The van der Waals surface area contributed by atoms with Crippen LogP contribution in [0.25, 0.3) is 0 Å². The Hall–Kier alpha value is -1.20. The summed E-state index contributed by atoms with van der Waals surface area (Å²) in [6.45, 7) is 3.28. The number of benzene rings is 1. The molecule has 0 aliphatic carbocycles. The van der Waals surface area contributed by atoms with E-state index in [4.69, 9.17) is 11.6 Å². The Kier molecular flexibility index (Phi) is 6.15. The first kappa shape index (κ1) is 17.2. The number of thioether (sulfide) groups is 1. The minimum Gasteiger partial charge on any atom is -0.341 e. The van der Waals surface area contributed by atoms with Gasteiger partial charge in [-0.05, 0) is 50.6 Å². The van der Waals surface area contributed by atoms with Crippen molar-refractivity contribution in [2.24, 2.45) is 0 Å². The van der Waals surface area contributed by atoms with Crippen LogP contribution < -0.4 is 5.32 Å². The maximum atomic E-state index is 12.4. The summed E-state index contributed by atoms with van der Waals surface area (Å²) < 4.78 is 0. The summed E-state index contributed by atoms with van der Waals surface area (Å²) in [5.41, 5.74) is 0.409. The summed E-state index contributed by atoms with van der Waals surface area (Å²) in [4.78, 5) is 27.5. The van der Waals surface area contributed by atoms with Gasteiger partial charge in [0.25, 0.3) is 5.91 Å². The molecule has 2 amide bonds. The van der Waals surface area contributed by atoms with Gasteiger partial charge in [0.05, 0.1) is 10.6 Å². The molecule has 0 saturated carbocycles. The SMILES string of the molecule is CSc1ccc(Cl)c(C(=O)NC(C)C(=O)N2CCCCC2)c1. The zero-order valence-corrected chi connectivity index (χ0v) is 14.5. The summed E-state index contributed by atoms with van der Waals surface area (Å²) in [6, 6.07) is 4.78. The van der Waals surface area contributed by atoms with Crippen LogP contribution in [0.4, 0.5) is 0 Å². The van der Waals surface area contributed by atoms with Crippen LogP contribution in [-0.2, 0) is 4.79 Å². The average Bonchev–Trinajstić information content (AvgIpc) is 2.55. The van der Waals surface area contributed by atoms with E-state index in [1.165, 1.54) is 6.42 Å². The van der Waals surface area contributed by atoms with Gasteiger partial charge in [0, 0.05) is 18.0 Å². The van der Waals surface area contributed by atoms with E-state index >= 15 is 0 Å². The number of carbonyl (C=O) groups excluding carboxylic acids is 2. The quantitative estimate of drug-likeness (QED) is 0.856. The molecule has 1 aromatic rings. The molecule has 1 aliphatic rings. The van der Waals surface area contributed by atoms with E-state index in [-0.39, 0.29) is 11.8 Å². The molecular weight excluding hydrogens is 320 g/mol. The molecule has 0 radical (unpaired) electrons. The van der Waals surface area contributed by atoms with Gasteiger partial charge in [0.1, 0.15) is 6.04 Å². The van der Waals surface area contributed by atoms with E-state index in [0.717, 1.165) is 30.8 Å². The third-order valence-corrected chi connectivity index (χ3v) is 4.86. The van der Waals surface area contributed by atoms with Crippen LogP contribution in [0.15, 0.2) is 23.1 Å².